The number of ether oxygens (including phenoxy) is 1. The van der Waals surface area contributed by atoms with Crippen LogP contribution >= 0.6 is 11.6 Å². The van der Waals surface area contributed by atoms with Crippen LogP contribution in [0.3, 0.4) is 0 Å². The van der Waals surface area contributed by atoms with Crippen molar-refractivity contribution in [1.82, 2.24) is 5.32 Å². The van der Waals surface area contributed by atoms with Gasteiger partial charge in [0.1, 0.15) is 0 Å². The third-order valence-corrected chi connectivity index (χ3v) is 6.80. The molecule has 0 aliphatic carbocycles. The highest BCUT2D eigenvalue weighted by Gasteiger charge is 2.21. The first kappa shape index (κ1) is 23.3. The maximum absolute atomic E-state index is 12.8. The van der Waals surface area contributed by atoms with Crippen molar-refractivity contribution in [3.05, 3.63) is 95.0 Å². The average Bonchev–Trinajstić information content (AvgIpc) is 2.82. The Morgan fingerprint density at radius 3 is 2.22 bits per heavy atom. The molecule has 9 heteroatoms. The van der Waals surface area contributed by atoms with Gasteiger partial charge in [-0.25, -0.2) is 13.2 Å². The number of nitrogens with one attached hydrogen (secondary N) is 1. The van der Waals surface area contributed by atoms with E-state index in [4.69, 9.17) is 16.3 Å². The zero-order chi connectivity index (χ0) is 23.1. The van der Waals surface area contributed by atoms with Crippen molar-refractivity contribution in [2.45, 2.75) is 11.4 Å². The number of para-hydroxylation sites is 1. The van der Waals surface area contributed by atoms with Gasteiger partial charge in [-0.15, -0.1) is 0 Å². The predicted molar refractivity (Wildman–Crippen MR) is 122 cm³/mol. The molecule has 166 valence electrons. The van der Waals surface area contributed by atoms with Crippen LogP contribution in [0.1, 0.15) is 15.9 Å². The fraction of sp³-hybridized carbons (Fsp3) is 0.130. The first-order valence-electron chi connectivity index (χ1n) is 9.60. The minimum Gasteiger partial charge on any atom is -0.452 e. The molecule has 0 saturated carbocycles. The molecule has 0 unspecified atom stereocenters. The van der Waals surface area contributed by atoms with E-state index in [9.17, 15) is 18.0 Å². The molecule has 3 aromatic rings. The largest absolute Gasteiger partial charge is 0.452 e. The molecule has 0 aromatic heterocycles. The highest BCUT2D eigenvalue weighted by atomic mass is 35.5. The second-order valence-corrected chi connectivity index (χ2v) is 9.15. The van der Waals surface area contributed by atoms with E-state index in [2.05, 4.69) is 5.32 Å². The molecule has 0 bridgehead atoms. The van der Waals surface area contributed by atoms with Crippen LogP contribution in [0.4, 0.5) is 5.69 Å². The number of carbonyl (C=O) groups is 2. The Morgan fingerprint density at radius 2 is 1.56 bits per heavy atom. The molecular formula is C23H21ClN2O5S. The summed E-state index contributed by atoms with van der Waals surface area (Å²) >= 11 is 6.03. The second-order valence-electron chi connectivity index (χ2n) is 6.78. The smallest absolute Gasteiger partial charge is 0.338 e. The Labute approximate surface area is 191 Å². The maximum Gasteiger partial charge on any atom is 0.338 e. The summed E-state index contributed by atoms with van der Waals surface area (Å²) in [6, 6.07) is 21.0. The normalized spacial score (nSPS) is 10.9. The quantitative estimate of drug-likeness (QED) is 0.505. The Morgan fingerprint density at radius 1 is 0.938 bits per heavy atom. The first-order valence-corrected chi connectivity index (χ1v) is 11.4. The number of nitrogens with zero attached hydrogens (tertiary/aromatic N) is 1. The van der Waals surface area contributed by atoms with Gasteiger partial charge in [-0.1, -0.05) is 48.0 Å². The van der Waals surface area contributed by atoms with Crippen LogP contribution in [0, 0.1) is 0 Å². The number of hydrogen-bond acceptors (Lipinski definition) is 5. The van der Waals surface area contributed by atoms with Gasteiger partial charge in [0, 0.05) is 18.6 Å². The molecule has 0 aliphatic heterocycles. The van der Waals surface area contributed by atoms with E-state index in [0.29, 0.717) is 10.7 Å². The Hall–Kier alpha value is -3.36. The second kappa shape index (κ2) is 10.3. The van der Waals surface area contributed by atoms with Crippen molar-refractivity contribution in [1.29, 1.82) is 0 Å². The van der Waals surface area contributed by atoms with Gasteiger partial charge in [0.05, 0.1) is 16.1 Å². The standard InChI is InChI=1S/C23H21ClN2O5S/c1-26(19-8-3-2-4-9-19)32(29,30)20-13-11-17(12-14-20)23(28)31-16-22(27)25-15-18-7-5-6-10-21(18)24/h2-14H,15-16H2,1H3,(H,25,27). The summed E-state index contributed by atoms with van der Waals surface area (Å²) in [4.78, 5) is 24.2. The topological polar surface area (TPSA) is 92.8 Å². The Bertz CT molecular complexity index is 1200. The number of esters is 1. The zero-order valence-electron chi connectivity index (χ0n) is 17.2. The lowest BCUT2D eigenvalue weighted by Crippen LogP contribution is -2.28. The van der Waals surface area contributed by atoms with Crippen molar-refractivity contribution >= 4 is 39.2 Å². The third-order valence-electron chi connectivity index (χ3n) is 4.64. The molecule has 3 rings (SSSR count). The lowest BCUT2D eigenvalue weighted by atomic mass is 10.2. The fourth-order valence-corrected chi connectivity index (χ4v) is 4.20. The van der Waals surface area contributed by atoms with Gasteiger partial charge in [0.25, 0.3) is 15.9 Å². The summed E-state index contributed by atoms with van der Waals surface area (Å²) in [5.74, 6) is -1.22. The van der Waals surface area contributed by atoms with Gasteiger partial charge in [0.15, 0.2) is 6.61 Å². The number of amides is 1. The molecular weight excluding hydrogens is 452 g/mol. The molecule has 0 saturated heterocycles. The zero-order valence-corrected chi connectivity index (χ0v) is 18.8. The van der Waals surface area contributed by atoms with Crippen molar-refractivity contribution in [3.63, 3.8) is 0 Å². The number of carbonyl (C=O) groups excluding carboxylic acids is 2. The van der Waals surface area contributed by atoms with Crippen molar-refractivity contribution in [2.24, 2.45) is 0 Å². The van der Waals surface area contributed by atoms with E-state index in [1.807, 2.05) is 0 Å². The van der Waals surface area contributed by atoms with E-state index < -0.39 is 28.5 Å². The van der Waals surface area contributed by atoms with Crippen LogP contribution in [-0.2, 0) is 26.1 Å². The van der Waals surface area contributed by atoms with Crippen LogP contribution in [0.15, 0.2) is 83.8 Å². The number of sulfonamides is 1. The minimum atomic E-state index is -3.79. The van der Waals surface area contributed by atoms with Gasteiger partial charge in [0.2, 0.25) is 0 Å². The molecule has 0 heterocycles. The van der Waals surface area contributed by atoms with Gasteiger partial charge < -0.3 is 10.1 Å². The molecule has 1 N–H and O–H groups in total. The minimum absolute atomic E-state index is 0.0258. The van der Waals surface area contributed by atoms with Crippen LogP contribution in [0.5, 0.6) is 0 Å². The molecule has 0 radical (unpaired) electrons. The van der Waals surface area contributed by atoms with E-state index >= 15 is 0 Å². The van der Waals surface area contributed by atoms with E-state index in [0.717, 1.165) is 9.87 Å². The molecule has 7 nitrogen and oxygen atoms in total. The lowest BCUT2D eigenvalue weighted by molar-refractivity contribution is -0.124. The number of halogens is 1. The molecule has 0 fully saturated rings. The van der Waals surface area contributed by atoms with Gasteiger partial charge in [-0.3, -0.25) is 9.10 Å². The summed E-state index contributed by atoms with van der Waals surface area (Å²) < 4.78 is 31.7. The van der Waals surface area contributed by atoms with Crippen molar-refractivity contribution in [2.75, 3.05) is 18.0 Å². The first-order chi connectivity index (χ1) is 15.3. The summed E-state index contributed by atoms with van der Waals surface area (Å²) in [6.45, 7) is -0.266. The SMILES string of the molecule is CN(c1ccccc1)S(=O)(=O)c1ccc(C(=O)OCC(=O)NCc2ccccc2Cl)cc1. The van der Waals surface area contributed by atoms with Crippen LogP contribution in [0.25, 0.3) is 0 Å². The van der Waals surface area contributed by atoms with Gasteiger partial charge >= 0.3 is 5.97 Å². The van der Waals surface area contributed by atoms with Crippen molar-refractivity contribution < 1.29 is 22.7 Å². The van der Waals surface area contributed by atoms with Crippen LogP contribution in [-0.4, -0.2) is 33.9 Å². The van der Waals surface area contributed by atoms with E-state index in [-0.39, 0.29) is 17.0 Å². The van der Waals surface area contributed by atoms with E-state index in [1.54, 1.807) is 54.6 Å². The monoisotopic (exact) mass is 472 g/mol. The highest BCUT2D eigenvalue weighted by molar-refractivity contribution is 7.92. The average molecular weight is 473 g/mol. The van der Waals surface area contributed by atoms with E-state index in [1.165, 1.54) is 31.3 Å². The Kier molecular flexibility index (Phi) is 7.50. The maximum atomic E-state index is 12.8. The number of rotatable bonds is 8. The molecule has 0 atom stereocenters. The summed E-state index contributed by atoms with van der Waals surface area (Å²) in [6.07, 6.45) is 0. The molecule has 32 heavy (non-hydrogen) atoms. The lowest BCUT2D eigenvalue weighted by Gasteiger charge is -2.19. The van der Waals surface area contributed by atoms with Crippen LogP contribution in [0.2, 0.25) is 5.02 Å². The summed E-state index contributed by atoms with van der Waals surface area (Å²) in [7, 11) is -2.34. The highest BCUT2D eigenvalue weighted by Crippen LogP contribution is 2.22. The van der Waals surface area contributed by atoms with Crippen molar-refractivity contribution in [3.8, 4) is 0 Å². The molecule has 1 amide bonds. The number of hydrogen-bond donors (Lipinski definition) is 1. The summed E-state index contributed by atoms with van der Waals surface area (Å²) in [5, 5.41) is 3.14. The molecule has 0 spiro atoms. The molecule has 3 aromatic carbocycles. The van der Waals surface area contributed by atoms with Gasteiger partial charge in [-0.2, -0.15) is 0 Å². The van der Waals surface area contributed by atoms with Crippen LogP contribution < -0.4 is 9.62 Å². The van der Waals surface area contributed by atoms with Gasteiger partial charge in [-0.05, 0) is 48.0 Å². The Balaban J connectivity index is 1.56. The fourth-order valence-electron chi connectivity index (χ4n) is 2.80. The number of anilines is 1. The molecule has 0 aliphatic rings. The predicted octanol–water partition coefficient (Wildman–Crippen LogP) is 3.64. The number of benzene rings is 3. The third kappa shape index (κ3) is 5.66. The summed E-state index contributed by atoms with van der Waals surface area (Å²) in [5.41, 5.74) is 1.38.